The Hall–Kier alpha value is -0.770. The molecule has 0 bridgehead atoms. The van der Waals surface area contributed by atoms with Crippen LogP contribution >= 0.6 is 11.6 Å². The summed E-state index contributed by atoms with van der Waals surface area (Å²) in [7, 11) is 0. The summed E-state index contributed by atoms with van der Waals surface area (Å²) >= 11 is 6.30. The standard InChI is InChI=1S/C16H25ClO3/c1-5-12(8-13(19)9-18)15-11(4)14(17)7-10(3)16(15)20-6-2/h7,12-13,18-19H,5-6,8-9H2,1-4H3. The molecule has 1 aromatic carbocycles. The average Bonchev–Trinajstić information content (AvgIpc) is 2.43. The lowest BCUT2D eigenvalue weighted by Crippen LogP contribution is -2.17. The lowest BCUT2D eigenvalue weighted by molar-refractivity contribution is 0.0814. The molecule has 0 amide bonds. The van der Waals surface area contributed by atoms with Gasteiger partial charge in [0.1, 0.15) is 5.75 Å². The van der Waals surface area contributed by atoms with Gasteiger partial charge in [-0.15, -0.1) is 0 Å². The van der Waals surface area contributed by atoms with Gasteiger partial charge < -0.3 is 14.9 Å². The topological polar surface area (TPSA) is 49.7 Å². The van der Waals surface area contributed by atoms with Crippen molar-refractivity contribution in [3.8, 4) is 5.75 Å². The zero-order valence-electron chi connectivity index (χ0n) is 12.7. The number of aliphatic hydroxyl groups is 2. The molecule has 0 heterocycles. The second-order valence-electron chi connectivity index (χ2n) is 5.15. The highest BCUT2D eigenvalue weighted by atomic mass is 35.5. The van der Waals surface area contributed by atoms with Crippen molar-refractivity contribution in [3.05, 3.63) is 27.8 Å². The first-order valence-electron chi connectivity index (χ1n) is 7.17. The molecule has 0 aliphatic heterocycles. The van der Waals surface area contributed by atoms with Crippen molar-refractivity contribution in [1.82, 2.24) is 0 Å². The van der Waals surface area contributed by atoms with Gasteiger partial charge in [0.15, 0.2) is 0 Å². The van der Waals surface area contributed by atoms with Crippen LogP contribution in [-0.4, -0.2) is 29.5 Å². The van der Waals surface area contributed by atoms with E-state index in [0.717, 1.165) is 33.9 Å². The fourth-order valence-electron chi connectivity index (χ4n) is 2.59. The number of aryl methyl sites for hydroxylation is 1. The highest BCUT2D eigenvalue weighted by molar-refractivity contribution is 6.31. The third kappa shape index (κ3) is 3.87. The Morgan fingerprint density at radius 3 is 2.45 bits per heavy atom. The molecule has 0 spiro atoms. The second-order valence-corrected chi connectivity index (χ2v) is 5.56. The summed E-state index contributed by atoms with van der Waals surface area (Å²) < 4.78 is 5.80. The van der Waals surface area contributed by atoms with Crippen LogP contribution in [0.3, 0.4) is 0 Å². The van der Waals surface area contributed by atoms with Gasteiger partial charge in [-0.2, -0.15) is 0 Å². The Labute approximate surface area is 126 Å². The Morgan fingerprint density at radius 1 is 1.30 bits per heavy atom. The zero-order chi connectivity index (χ0) is 15.3. The predicted octanol–water partition coefficient (Wildman–Crippen LogP) is 3.59. The molecule has 0 aliphatic rings. The van der Waals surface area contributed by atoms with Crippen molar-refractivity contribution in [2.75, 3.05) is 13.2 Å². The van der Waals surface area contributed by atoms with Crippen LogP contribution < -0.4 is 4.74 Å². The van der Waals surface area contributed by atoms with Crippen molar-refractivity contribution in [3.63, 3.8) is 0 Å². The molecule has 2 atom stereocenters. The fraction of sp³-hybridized carbons (Fsp3) is 0.625. The molecule has 4 heteroatoms. The smallest absolute Gasteiger partial charge is 0.126 e. The molecule has 114 valence electrons. The van der Waals surface area contributed by atoms with E-state index in [-0.39, 0.29) is 12.5 Å². The summed E-state index contributed by atoms with van der Waals surface area (Å²) in [5.74, 6) is 0.988. The molecule has 0 aromatic heterocycles. The van der Waals surface area contributed by atoms with Crippen molar-refractivity contribution in [2.24, 2.45) is 0 Å². The van der Waals surface area contributed by atoms with Gasteiger partial charge in [0, 0.05) is 10.6 Å². The first-order valence-corrected chi connectivity index (χ1v) is 7.55. The SMILES string of the molecule is CCOc1c(C)cc(Cl)c(C)c1C(CC)CC(O)CO. The second kappa shape index (κ2) is 7.87. The van der Waals surface area contributed by atoms with Crippen molar-refractivity contribution in [1.29, 1.82) is 0 Å². The maximum atomic E-state index is 9.75. The van der Waals surface area contributed by atoms with Crippen LogP contribution in [0.5, 0.6) is 5.75 Å². The van der Waals surface area contributed by atoms with Crippen LogP contribution in [0, 0.1) is 13.8 Å². The van der Waals surface area contributed by atoms with E-state index >= 15 is 0 Å². The Kier molecular flexibility index (Phi) is 6.80. The van der Waals surface area contributed by atoms with Crippen LogP contribution in [-0.2, 0) is 0 Å². The van der Waals surface area contributed by atoms with Crippen LogP contribution in [0.4, 0.5) is 0 Å². The molecule has 2 unspecified atom stereocenters. The molecule has 0 saturated carbocycles. The molecule has 0 saturated heterocycles. The van der Waals surface area contributed by atoms with E-state index < -0.39 is 6.10 Å². The van der Waals surface area contributed by atoms with Gasteiger partial charge >= 0.3 is 0 Å². The highest BCUT2D eigenvalue weighted by Crippen LogP contribution is 2.40. The van der Waals surface area contributed by atoms with Crippen molar-refractivity contribution >= 4 is 11.6 Å². The summed E-state index contributed by atoms with van der Waals surface area (Å²) in [6, 6.07) is 1.92. The van der Waals surface area contributed by atoms with E-state index in [1.807, 2.05) is 26.8 Å². The predicted molar refractivity (Wildman–Crippen MR) is 82.8 cm³/mol. The summed E-state index contributed by atoms with van der Waals surface area (Å²) in [6.45, 7) is 8.35. The quantitative estimate of drug-likeness (QED) is 0.809. The number of halogens is 1. The Bertz CT molecular complexity index is 446. The maximum absolute atomic E-state index is 9.75. The molecule has 1 rings (SSSR count). The van der Waals surface area contributed by atoms with Crippen LogP contribution in [0.1, 0.15) is 49.3 Å². The minimum absolute atomic E-state index is 0.121. The number of rotatable bonds is 7. The van der Waals surface area contributed by atoms with Gasteiger partial charge in [-0.05, 0) is 56.7 Å². The van der Waals surface area contributed by atoms with E-state index in [0.29, 0.717) is 13.0 Å². The fourth-order valence-corrected chi connectivity index (χ4v) is 2.86. The van der Waals surface area contributed by atoms with E-state index in [1.54, 1.807) is 0 Å². The molecule has 20 heavy (non-hydrogen) atoms. The molecule has 3 nitrogen and oxygen atoms in total. The molecule has 0 radical (unpaired) electrons. The van der Waals surface area contributed by atoms with Gasteiger partial charge in [-0.3, -0.25) is 0 Å². The first kappa shape index (κ1) is 17.3. The molecule has 0 aliphatic carbocycles. The van der Waals surface area contributed by atoms with Crippen LogP contribution in [0.2, 0.25) is 5.02 Å². The average molecular weight is 301 g/mol. The normalized spacial score (nSPS) is 14.2. The third-order valence-electron chi connectivity index (χ3n) is 3.67. The Morgan fingerprint density at radius 2 is 1.95 bits per heavy atom. The molecule has 0 fully saturated rings. The van der Waals surface area contributed by atoms with Gasteiger partial charge in [-0.25, -0.2) is 0 Å². The number of hydrogen-bond donors (Lipinski definition) is 2. The highest BCUT2D eigenvalue weighted by Gasteiger charge is 2.23. The number of benzene rings is 1. The monoisotopic (exact) mass is 300 g/mol. The van der Waals surface area contributed by atoms with Crippen molar-refractivity contribution in [2.45, 2.75) is 52.6 Å². The minimum atomic E-state index is -0.715. The number of ether oxygens (including phenoxy) is 1. The van der Waals surface area contributed by atoms with E-state index in [9.17, 15) is 5.11 Å². The van der Waals surface area contributed by atoms with E-state index in [4.69, 9.17) is 21.4 Å². The van der Waals surface area contributed by atoms with Crippen molar-refractivity contribution < 1.29 is 14.9 Å². The molecular formula is C16H25ClO3. The summed E-state index contributed by atoms with van der Waals surface area (Å²) in [4.78, 5) is 0. The van der Waals surface area contributed by atoms with Crippen LogP contribution in [0.15, 0.2) is 6.07 Å². The molecular weight excluding hydrogens is 276 g/mol. The summed E-state index contributed by atoms with van der Waals surface area (Å²) in [5, 5.41) is 19.5. The molecule has 1 aromatic rings. The van der Waals surface area contributed by atoms with E-state index in [2.05, 4.69) is 6.92 Å². The number of hydrogen-bond acceptors (Lipinski definition) is 3. The summed E-state index contributed by atoms with van der Waals surface area (Å²) in [5.41, 5.74) is 3.07. The van der Waals surface area contributed by atoms with Gasteiger partial charge in [0.25, 0.3) is 0 Å². The van der Waals surface area contributed by atoms with Gasteiger partial charge in [-0.1, -0.05) is 18.5 Å². The minimum Gasteiger partial charge on any atom is -0.493 e. The van der Waals surface area contributed by atoms with Crippen LogP contribution in [0.25, 0.3) is 0 Å². The lowest BCUT2D eigenvalue weighted by Gasteiger charge is -2.25. The third-order valence-corrected chi connectivity index (χ3v) is 4.06. The first-order chi connectivity index (χ1) is 9.46. The number of aliphatic hydroxyl groups excluding tert-OH is 2. The van der Waals surface area contributed by atoms with Gasteiger partial charge in [0.05, 0.1) is 19.3 Å². The summed E-state index contributed by atoms with van der Waals surface area (Å²) in [6.07, 6.45) is 0.652. The van der Waals surface area contributed by atoms with Gasteiger partial charge in [0.2, 0.25) is 0 Å². The zero-order valence-corrected chi connectivity index (χ0v) is 13.5. The van der Waals surface area contributed by atoms with E-state index in [1.165, 1.54) is 0 Å². The Balaban J connectivity index is 3.30. The molecule has 2 N–H and O–H groups in total. The lowest BCUT2D eigenvalue weighted by atomic mass is 9.86. The maximum Gasteiger partial charge on any atom is 0.126 e. The largest absolute Gasteiger partial charge is 0.493 e.